The molecule has 7 nitrogen and oxygen atoms in total. The minimum Gasteiger partial charge on any atom is -0.497 e. The third-order valence-electron chi connectivity index (χ3n) is 3.86. The van der Waals surface area contributed by atoms with Crippen molar-refractivity contribution in [3.63, 3.8) is 0 Å². The molecule has 0 aliphatic carbocycles. The van der Waals surface area contributed by atoms with E-state index in [0.29, 0.717) is 17.2 Å². The highest BCUT2D eigenvalue weighted by Gasteiger charge is 2.21. The lowest BCUT2D eigenvalue weighted by atomic mass is 10.1. The second kappa shape index (κ2) is 8.64. The average Bonchev–Trinajstić information content (AvgIpc) is 3.23. The van der Waals surface area contributed by atoms with Gasteiger partial charge < -0.3 is 13.9 Å². The summed E-state index contributed by atoms with van der Waals surface area (Å²) in [6, 6.07) is 18.0. The molecule has 0 spiro atoms. The lowest BCUT2D eigenvalue weighted by Crippen LogP contribution is -2.11. The zero-order valence-electron chi connectivity index (χ0n) is 15.3. The van der Waals surface area contributed by atoms with Crippen molar-refractivity contribution in [1.29, 1.82) is 5.26 Å². The van der Waals surface area contributed by atoms with E-state index in [0.717, 1.165) is 5.56 Å². The van der Waals surface area contributed by atoms with Gasteiger partial charge in [0.25, 0.3) is 5.89 Å². The summed E-state index contributed by atoms with van der Waals surface area (Å²) in [6.07, 6.45) is 0.641. The Morgan fingerprint density at radius 3 is 2.50 bits per heavy atom. The van der Waals surface area contributed by atoms with Crippen molar-refractivity contribution in [3.05, 3.63) is 71.6 Å². The first-order chi connectivity index (χ1) is 13.6. The van der Waals surface area contributed by atoms with Gasteiger partial charge in [-0.2, -0.15) is 5.26 Å². The maximum atomic E-state index is 12.3. The highest BCUT2D eigenvalue weighted by molar-refractivity contribution is 5.98. The molecule has 0 saturated carbocycles. The Balaban J connectivity index is 1.71. The number of nitriles is 1. The number of rotatable bonds is 6. The normalized spacial score (nSPS) is 12.1. The van der Waals surface area contributed by atoms with E-state index in [1.165, 1.54) is 6.08 Å². The van der Waals surface area contributed by atoms with Crippen LogP contribution < -0.4 is 4.74 Å². The summed E-state index contributed by atoms with van der Waals surface area (Å²) in [6.45, 7) is 1.60. The Bertz CT molecular complexity index is 1020. The molecule has 1 atom stereocenters. The van der Waals surface area contributed by atoms with Crippen molar-refractivity contribution < 1.29 is 18.7 Å². The number of esters is 1. The van der Waals surface area contributed by atoms with Crippen molar-refractivity contribution in [1.82, 2.24) is 10.2 Å². The molecular formula is C21H17N3O4. The molecule has 0 N–H and O–H groups in total. The molecule has 0 unspecified atom stereocenters. The smallest absolute Gasteiger partial charge is 0.349 e. The van der Waals surface area contributed by atoms with Crippen LogP contribution in [-0.4, -0.2) is 23.3 Å². The molecule has 0 fully saturated rings. The molecule has 3 rings (SSSR count). The van der Waals surface area contributed by atoms with Crippen molar-refractivity contribution >= 4 is 12.0 Å². The number of nitrogens with zero attached hydrogens (tertiary/aromatic N) is 3. The van der Waals surface area contributed by atoms with Gasteiger partial charge in [-0.1, -0.05) is 30.3 Å². The fourth-order valence-corrected chi connectivity index (χ4v) is 2.37. The Hall–Kier alpha value is -3.92. The maximum absolute atomic E-state index is 12.3. The molecule has 0 radical (unpaired) electrons. The summed E-state index contributed by atoms with van der Waals surface area (Å²) < 4.78 is 16.0. The van der Waals surface area contributed by atoms with E-state index in [4.69, 9.17) is 13.9 Å². The van der Waals surface area contributed by atoms with E-state index in [2.05, 4.69) is 10.2 Å². The summed E-state index contributed by atoms with van der Waals surface area (Å²) in [5, 5.41) is 17.2. The number of ether oxygens (including phenoxy) is 2. The average molecular weight is 375 g/mol. The van der Waals surface area contributed by atoms with Crippen LogP contribution in [0.15, 0.2) is 64.6 Å². The van der Waals surface area contributed by atoms with Gasteiger partial charge in [0.15, 0.2) is 6.10 Å². The SMILES string of the molecule is COc1ccc(/C=C(\C#N)C(=O)O[C@@H](C)c2nnc(-c3ccccc3)o2)cc1. The van der Waals surface area contributed by atoms with Gasteiger partial charge in [-0.15, -0.1) is 10.2 Å². The van der Waals surface area contributed by atoms with Crippen LogP contribution in [0.3, 0.4) is 0 Å². The molecular weight excluding hydrogens is 358 g/mol. The van der Waals surface area contributed by atoms with Gasteiger partial charge in [0.2, 0.25) is 5.89 Å². The van der Waals surface area contributed by atoms with E-state index >= 15 is 0 Å². The van der Waals surface area contributed by atoms with Crippen molar-refractivity contribution in [3.8, 4) is 23.3 Å². The summed E-state index contributed by atoms with van der Waals surface area (Å²) >= 11 is 0. The molecule has 28 heavy (non-hydrogen) atoms. The molecule has 3 aromatic rings. The Morgan fingerprint density at radius 1 is 1.14 bits per heavy atom. The Morgan fingerprint density at radius 2 is 1.86 bits per heavy atom. The summed E-state index contributed by atoms with van der Waals surface area (Å²) in [5.74, 6) is 0.379. The fourth-order valence-electron chi connectivity index (χ4n) is 2.37. The predicted molar refractivity (Wildman–Crippen MR) is 101 cm³/mol. The highest BCUT2D eigenvalue weighted by Crippen LogP contribution is 2.23. The summed E-state index contributed by atoms with van der Waals surface area (Å²) in [7, 11) is 1.56. The third kappa shape index (κ3) is 4.43. The van der Waals surface area contributed by atoms with Gasteiger partial charge in [-0.05, 0) is 42.8 Å². The monoisotopic (exact) mass is 375 g/mol. The molecule has 0 amide bonds. The van der Waals surface area contributed by atoms with Crippen molar-refractivity contribution in [2.24, 2.45) is 0 Å². The van der Waals surface area contributed by atoms with Crippen LogP contribution in [0.2, 0.25) is 0 Å². The van der Waals surface area contributed by atoms with Crippen LogP contribution >= 0.6 is 0 Å². The molecule has 140 valence electrons. The van der Waals surface area contributed by atoms with Gasteiger partial charge in [-0.25, -0.2) is 4.79 Å². The van der Waals surface area contributed by atoms with Crippen LogP contribution in [0.1, 0.15) is 24.5 Å². The van der Waals surface area contributed by atoms with E-state index < -0.39 is 12.1 Å². The largest absolute Gasteiger partial charge is 0.497 e. The predicted octanol–water partition coefficient (Wildman–Crippen LogP) is 3.96. The lowest BCUT2D eigenvalue weighted by Gasteiger charge is -2.08. The zero-order chi connectivity index (χ0) is 19.9. The number of aromatic nitrogens is 2. The van der Waals surface area contributed by atoms with Gasteiger partial charge in [0, 0.05) is 5.56 Å². The minimum absolute atomic E-state index is 0.139. The molecule has 0 saturated heterocycles. The van der Waals surface area contributed by atoms with Gasteiger partial charge >= 0.3 is 5.97 Å². The number of carbonyl (C=O) groups is 1. The quantitative estimate of drug-likeness (QED) is 0.365. The Kier molecular flexibility index (Phi) is 5.82. The maximum Gasteiger partial charge on any atom is 0.349 e. The number of benzene rings is 2. The standard InChI is InChI=1S/C21H17N3O4/c1-14(19-23-24-20(28-19)16-6-4-3-5-7-16)27-21(25)17(13-22)12-15-8-10-18(26-2)11-9-15/h3-12,14H,1-2H3/b17-12+/t14-/m0/s1. The van der Waals surface area contributed by atoms with E-state index in [-0.39, 0.29) is 11.5 Å². The molecule has 1 aromatic heterocycles. The first kappa shape index (κ1) is 18.9. The summed E-state index contributed by atoms with van der Waals surface area (Å²) in [4.78, 5) is 12.3. The second-order valence-electron chi connectivity index (χ2n) is 5.80. The zero-order valence-corrected chi connectivity index (χ0v) is 15.3. The molecule has 0 aliphatic heterocycles. The van der Waals surface area contributed by atoms with Crippen molar-refractivity contribution in [2.45, 2.75) is 13.0 Å². The van der Waals surface area contributed by atoms with Crippen LogP contribution in [0.5, 0.6) is 5.75 Å². The van der Waals surface area contributed by atoms with E-state index in [1.807, 2.05) is 36.4 Å². The lowest BCUT2D eigenvalue weighted by molar-refractivity contribution is -0.144. The molecule has 7 heteroatoms. The Labute approximate surface area is 161 Å². The van der Waals surface area contributed by atoms with Gasteiger partial charge in [0.1, 0.15) is 17.4 Å². The minimum atomic E-state index is -0.801. The first-order valence-electron chi connectivity index (χ1n) is 8.46. The molecule has 2 aromatic carbocycles. The number of hydrogen-bond donors (Lipinski definition) is 0. The molecule has 1 heterocycles. The van der Waals surface area contributed by atoms with Crippen LogP contribution in [0.25, 0.3) is 17.5 Å². The van der Waals surface area contributed by atoms with E-state index in [1.54, 1.807) is 38.3 Å². The van der Waals surface area contributed by atoms with Gasteiger partial charge in [-0.3, -0.25) is 0 Å². The van der Waals surface area contributed by atoms with Gasteiger partial charge in [0.05, 0.1) is 7.11 Å². The number of methoxy groups -OCH3 is 1. The van der Waals surface area contributed by atoms with E-state index in [9.17, 15) is 10.1 Å². The highest BCUT2D eigenvalue weighted by atomic mass is 16.6. The second-order valence-corrected chi connectivity index (χ2v) is 5.80. The topological polar surface area (TPSA) is 98.2 Å². The first-order valence-corrected chi connectivity index (χ1v) is 8.46. The summed E-state index contributed by atoms with van der Waals surface area (Å²) in [5.41, 5.74) is 1.29. The fraction of sp³-hybridized carbons (Fsp3) is 0.143. The number of carbonyl (C=O) groups excluding carboxylic acids is 1. The number of hydrogen-bond acceptors (Lipinski definition) is 7. The van der Waals surface area contributed by atoms with Crippen LogP contribution in [-0.2, 0) is 9.53 Å². The van der Waals surface area contributed by atoms with Crippen LogP contribution in [0.4, 0.5) is 0 Å². The third-order valence-corrected chi connectivity index (χ3v) is 3.86. The van der Waals surface area contributed by atoms with Crippen molar-refractivity contribution in [2.75, 3.05) is 7.11 Å². The molecule has 0 bridgehead atoms. The molecule has 0 aliphatic rings. The van der Waals surface area contributed by atoms with Crippen LogP contribution in [0, 0.1) is 11.3 Å².